The van der Waals surface area contributed by atoms with Crippen molar-refractivity contribution in [3.05, 3.63) is 32.7 Å². The zero-order chi connectivity index (χ0) is 11.5. The summed E-state index contributed by atoms with van der Waals surface area (Å²) in [6.07, 6.45) is 2.72. The molecule has 1 atom stereocenters. The Labute approximate surface area is 114 Å². The predicted octanol–water partition coefficient (Wildman–Crippen LogP) is 4.44. The maximum absolute atomic E-state index is 3.63. The molecule has 1 fully saturated rings. The van der Waals surface area contributed by atoms with Crippen molar-refractivity contribution in [3.63, 3.8) is 0 Å². The zero-order valence-corrected chi connectivity index (χ0v) is 12.7. The van der Waals surface area contributed by atoms with Crippen LogP contribution in [0.25, 0.3) is 0 Å². The molecule has 1 aliphatic rings. The van der Waals surface area contributed by atoms with Gasteiger partial charge in [-0.05, 0) is 43.0 Å². The molecule has 0 aromatic heterocycles. The van der Waals surface area contributed by atoms with Crippen LogP contribution < -0.4 is 0 Å². The molecule has 1 aliphatic heterocycles. The highest BCUT2D eigenvalue weighted by Crippen LogP contribution is 2.28. The van der Waals surface area contributed by atoms with E-state index in [9.17, 15) is 0 Å². The first-order chi connectivity index (χ1) is 7.66. The molecule has 3 heteroatoms. The van der Waals surface area contributed by atoms with Gasteiger partial charge in [0.25, 0.3) is 0 Å². The van der Waals surface area contributed by atoms with Gasteiger partial charge >= 0.3 is 0 Å². The molecule has 0 saturated carbocycles. The van der Waals surface area contributed by atoms with Gasteiger partial charge in [0, 0.05) is 22.0 Å². The number of piperidine rings is 1. The Morgan fingerprint density at radius 2 is 2.00 bits per heavy atom. The summed E-state index contributed by atoms with van der Waals surface area (Å²) >= 11 is 7.26. The lowest BCUT2D eigenvalue weighted by Gasteiger charge is -2.31. The van der Waals surface area contributed by atoms with Crippen LogP contribution in [0, 0.1) is 5.92 Å². The lowest BCUT2D eigenvalue weighted by atomic mass is 10.00. The van der Waals surface area contributed by atoms with E-state index in [2.05, 4.69) is 61.9 Å². The molecule has 1 aromatic carbocycles. The van der Waals surface area contributed by atoms with E-state index in [4.69, 9.17) is 0 Å². The molecule has 1 heterocycles. The van der Waals surface area contributed by atoms with Gasteiger partial charge in [0.05, 0.1) is 0 Å². The first kappa shape index (κ1) is 12.6. The van der Waals surface area contributed by atoms with Crippen molar-refractivity contribution in [2.75, 3.05) is 13.1 Å². The van der Waals surface area contributed by atoms with Gasteiger partial charge in [-0.1, -0.05) is 44.8 Å². The van der Waals surface area contributed by atoms with Gasteiger partial charge in [-0.3, -0.25) is 4.90 Å². The number of hydrogen-bond donors (Lipinski definition) is 0. The van der Waals surface area contributed by atoms with Crippen LogP contribution in [0.4, 0.5) is 0 Å². The van der Waals surface area contributed by atoms with Gasteiger partial charge < -0.3 is 0 Å². The Morgan fingerprint density at radius 3 is 2.62 bits per heavy atom. The molecule has 0 amide bonds. The minimum atomic E-state index is 0.843. The second-order valence-corrected chi connectivity index (χ2v) is 6.39. The van der Waals surface area contributed by atoms with Gasteiger partial charge in [-0.15, -0.1) is 0 Å². The van der Waals surface area contributed by atoms with Crippen molar-refractivity contribution in [3.8, 4) is 0 Å². The second-order valence-electron chi connectivity index (χ2n) is 4.68. The second kappa shape index (κ2) is 5.65. The van der Waals surface area contributed by atoms with Crippen molar-refractivity contribution >= 4 is 31.9 Å². The summed E-state index contributed by atoms with van der Waals surface area (Å²) in [5.41, 5.74) is 1.37. The maximum atomic E-state index is 3.63. The highest BCUT2D eigenvalue weighted by atomic mass is 79.9. The van der Waals surface area contributed by atoms with Crippen LogP contribution in [-0.4, -0.2) is 18.0 Å². The number of halogens is 2. The predicted molar refractivity (Wildman–Crippen MR) is 75.5 cm³/mol. The lowest BCUT2D eigenvalue weighted by Crippen LogP contribution is -2.33. The van der Waals surface area contributed by atoms with E-state index in [0.717, 1.165) is 12.5 Å². The lowest BCUT2D eigenvalue weighted by molar-refractivity contribution is 0.176. The highest BCUT2D eigenvalue weighted by molar-refractivity contribution is 9.11. The molecule has 16 heavy (non-hydrogen) atoms. The number of nitrogens with zero attached hydrogens (tertiary/aromatic N) is 1. The summed E-state index contributed by atoms with van der Waals surface area (Å²) in [6.45, 7) is 5.86. The van der Waals surface area contributed by atoms with Crippen LogP contribution in [-0.2, 0) is 6.54 Å². The molecule has 2 rings (SSSR count). The van der Waals surface area contributed by atoms with Crippen LogP contribution >= 0.6 is 31.9 Å². The molecule has 0 bridgehead atoms. The van der Waals surface area contributed by atoms with Gasteiger partial charge in [0.2, 0.25) is 0 Å². The summed E-state index contributed by atoms with van der Waals surface area (Å²) in [5.74, 6) is 0.843. The van der Waals surface area contributed by atoms with E-state index in [0.29, 0.717) is 0 Å². The molecule has 1 unspecified atom stereocenters. The maximum Gasteiger partial charge on any atom is 0.0256 e. The summed E-state index contributed by atoms with van der Waals surface area (Å²) in [7, 11) is 0. The molecule has 0 radical (unpaired) electrons. The van der Waals surface area contributed by atoms with Crippen LogP contribution in [0.15, 0.2) is 27.1 Å². The number of hydrogen-bond acceptors (Lipinski definition) is 1. The minimum absolute atomic E-state index is 0.843. The van der Waals surface area contributed by atoms with Gasteiger partial charge in [0.15, 0.2) is 0 Å². The summed E-state index contributed by atoms with van der Waals surface area (Å²) in [4.78, 5) is 2.55. The Kier molecular flexibility index (Phi) is 4.45. The fourth-order valence-electron chi connectivity index (χ4n) is 2.34. The molecular formula is C13H17Br2N. The van der Waals surface area contributed by atoms with E-state index < -0.39 is 0 Å². The zero-order valence-electron chi connectivity index (χ0n) is 9.55. The largest absolute Gasteiger partial charge is 0.299 e. The van der Waals surface area contributed by atoms with E-state index in [1.54, 1.807) is 0 Å². The number of rotatable bonds is 2. The Bertz CT molecular complexity index is 345. The number of benzene rings is 1. The van der Waals surface area contributed by atoms with Crippen LogP contribution in [0.2, 0.25) is 0 Å². The SMILES string of the molecule is CC1CCCN(Cc2c(Br)cccc2Br)C1. The molecule has 1 nitrogen and oxygen atoms in total. The average molecular weight is 347 g/mol. The third-order valence-electron chi connectivity index (χ3n) is 3.18. The Balaban J connectivity index is 2.08. The molecular weight excluding hydrogens is 330 g/mol. The molecule has 0 spiro atoms. The van der Waals surface area contributed by atoms with Crippen molar-refractivity contribution in [2.45, 2.75) is 26.3 Å². The monoisotopic (exact) mass is 345 g/mol. The van der Waals surface area contributed by atoms with Gasteiger partial charge in [-0.2, -0.15) is 0 Å². The standard InChI is InChI=1S/C13H17Br2N/c1-10-4-3-7-16(8-10)9-11-12(14)5-2-6-13(11)15/h2,5-6,10H,3-4,7-9H2,1H3. The van der Waals surface area contributed by atoms with Crippen molar-refractivity contribution in [1.29, 1.82) is 0 Å². The first-order valence-electron chi connectivity index (χ1n) is 5.82. The normalized spacial score (nSPS) is 22.3. The van der Waals surface area contributed by atoms with Crippen LogP contribution in [0.1, 0.15) is 25.3 Å². The van der Waals surface area contributed by atoms with Gasteiger partial charge in [-0.25, -0.2) is 0 Å². The molecule has 0 aliphatic carbocycles. The summed E-state index contributed by atoms with van der Waals surface area (Å²) in [5, 5.41) is 0. The fourth-order valence-corrected chi connectivity index (χ4v) is 3.59. The van der Waals surface area contributed by atoms with E-state index in [-0.39, 0.29) is 0 Å². The van der Waals surface area contributed by atoms with Crippen LogP contribution in [0.5, 0.6) is 0 Å². The smallest absolute Gasteiger partial charge is 0.0256 e. The molecule has 88 valence electrons. The van der Waals surface area contributed by atoms with Crippen molar-refractivity contribution < 1.29 is 0 Å². The molecule has 1 aromatic rings. The minimum Gasteiger partial charge on any atom is -0.299 e. The quantitative estimate of drug-likeness (QED) is 0.765. The third-order valence-corrected chi connectivity index (χ3v) is 4.67. The van der Waals surface area contributed by atoms with Crippen molar-refractivity contribution in [2.24, 2.45) is 5.92 Å². The summed E-state index contributed by atoms with van der Waals surface area (Å²) < 4.78 is 2.42. The fraction of sp³-hybridized carbons (Fsp3) is 0.538. The van der Waals surface area contributed by atoms with E-state index in [1.807, 2.05) is 0 Å². The average Bonchev–Trinajstić information content (AvgIpc) is 2.24. The van der Waals surface area contributed by atoms with Crippen molar-refractivity contribution in [1.82, 2.24) is 4.90 Å². The summed E-state index contributed by atoms with van der Waals surface area (Å²) in [6, 6.07) is 6.30. The molecule has 1 saturated heterocycles. The highest BCUT2D eigenvalue weighted by Gasteiger charge is 2.17. The Morgan fingerprint density at radius 1 is 1.31 bits per heavy atom. The third kappa shape index (κ3) is 3.08. The van der Waals surface area contributed by atoms with E-state index in [1.165, 1.54) is 40.4 Å². The first-order valence-corrected chi connectivity index (χ1v) is 7.40. The van der Waals surface area contributed by atoms with Gasteiger partial charge in [0.1, 0.15) is 0 Å². The van der Waals surface area contributed by atoms with E-state index >= 15 is 0 Å². The van der Waals surface area contributed by atoms with Crippen LogP contribution in [0.3, 0.4) is 0 Å². The molecule has 0 N–H and O–H groups in total. The number of likely N-dealkylation sites (tertiary alicyclic amines) is 1. The Hall–Kier alpha value is 0.140. The topological polar surface area (TPSA) is 3.24 Å².